The van der Waals surface area contributed by atoms with Crippen molar-refractivity contribution >= 4 is 23.3 Å². The van der Waals surface area contributed by atoms with E-state index in [0.29, 0.717) is 11.3 Å². The van der Waals surface area contributed by atoms with Crippen LogP contribution in [0.2, 0.25) is 0 Å². The van der Waals surface area contributed by atoms with Crippen LogP contribution in [0.3, 0.4) is 0 Å². The number of hydrogen-bond donors (Lipinski definition) is 1. The summed E-state index contributed by atoms with van der Waals surface area (Å²) in [6.45, 7) is 5.72. The van der Waals surface area contributed by atoms with Gasteiger partial charge in [-0.15, -0.1) is 18.3 Å². The molecule has 2 heterocycles. The molecule has 1 atom stereocenters. The van der Waals surface area contributed by atoms with Gasteiger partial charge in [-0.05, 0) is 48.2 Å². The number of aryl methyl sites for hydroxylation is 1. The van der Waals surface area contributed by atoms with E-state index in [1.165, 1.54) is 18.2 Å². The summed E-state index contributed by atoms with van der Waals surface area (Å²) in [6, 6.07) is 13.6. The van der Waals surface area contributed by atoms with Crippen molar-refractivity contribution in [3.63, 3.8) is 0 Å². The van der Waals surface area contributed by atoms with Crippen molar-refractivity contribution in [2.24, 2.45) is 0 Å². The van der Waals surface area contributed by atoms with Crippen LogP contribution in [-0.4, -0.2) is 33.4 Å². The molecule has 36 heavy (non-hydrogen) atoms. The second kappa shape index (κ2) is 9.44. The van der Waals surface area contributed by atoms with E-state index in [2.05, 4.69) is 14.9 Å². The molecule has 3 aromatic rings. The Morgan fingerprint density at radius 1 is 0.972 bits per heavy atom. The van der Waals surface area contributed by atoms with Gasteiger partial charge in [0.25, 0.3) is 5.78 Å². The van der Waals surface area contributed by atoms with Crippen molar-refractivity contribution in [3.8, 4) is 5.75 Å². The minimum Gasteiger partial charge on any atom is -0.507 e. The third kappa shape index (κ3) is 4.93. The molecule has 186 valence electrons. The number of Topliss-reactive ketones (excluding diaryl/α,β-unsaturated/α-hetero) is 1. The smallest absolute Gasteiger partial charge is 0.507 e. The summed E-state index contributed by atoms with van der Waals surface area (Å²) in [7, 11) is 0. The Morgan fingerprint density at radius 3 is 2.14 bits per heavy atom. The zero-order chi connectivity index (χ0) is 26.2. The van der Waals surface area contributed by atoms with E-state index < -0.39 is 35.6 Å². The Kier molecular flexibility index (Phi) is 6.53. The van der Waals surface area contributed by atoms with Crippen LogP contribution in [0.5, 0.6) is 5.75 Å². The van der Waals surface area contributed by atoms with Crippen molar-refractivity contribution < 1.29 is 32.6 Å². The molecule has 0 saturated carbocycles. The fraction of sp³-hybridized carbons (Fsp3) is 0.231. The molecule has 0 spiro atoms. The van der Waals surface area contributed by atoms with Gasteiger partial charge in [-0.3, -0.25) is 14.5 Å². The number of halogens is 3. The summed E-state index contributed by atoms with van der Waals surface area (Å²) in [5.41, 5.74) is 1.95. The van der Waals surface area contributed by atoms with Crippen LogP contribution in [0.4, 0.5) is 19.0 Å². The van der Waals surface area contributed by atoms with Crippen molar-refractivity contribution in [2.45, 2.75) is 39.1 Å². The molecular weight excluding hydrogens is 475 g/mol. The molecule has 7 nitrogen and oxygen atoms in total. The van der Waals surface area contributed by atoms with Gasteiger partial charge in [-0.2, -0.15) is 5.10 Å². The Bertz CT molecular complexity index is 1320. The van der Waals surface area contributed by atoms with Crippen LogP contribution in [-0.2, 0) is 9.59 Å². The van der Waals surface area contributed by atoms with Crippen LogP contribution in [0.25, 0.3) is 5.76 Å². The molecule has 1 aliphatic rings. The monoisotopic (exact) mass is 497 g/mol. The van der Waals surface area contributed by atoms with Gasteiger partial charge in [0.2, 0.25) is 0 Å². The van der Waals surface area contributed by atoms with E-state index in [1.807, 2.05) is 13.8 Å². The number of aliphatic hydroxyl groups is 1. The molecule has 0 radical (unpaired) electrons. The number of aromatic nitrogens is 2. The van der Waals surface area contributed by atoms with Crippen molar-refractivity contribution in [3.05, 3.63) is 88.6 Å². The predicted molar refractivity (Wildman–Crippen MR) is 125 cm³/mol. The normalized spacial score (nSPS) is 17.6. The SMILES string of the molecule is Cc1ccc(N2C(=O)C(=O)C(=C(O)c3ccc(C(C)C)cc3)C2c2ccc(OC(F)(F)F)cc2)nn1. The molecular formula is C26H22F3N3O4. The summed E-state index contributed by atoms with van der Waals surface area (Å²) < 4.78 is 41.8. The minimum atomic E-state index is -4.88. The van der Waals surface area contributed by atoms with E-state index in [0.717, 1.165) is 22.6 Å². The first-order chi connectivity index (χ1) is 17.0. The fourth-order valence-corrected chi connectivity index (χ4v) is 3.94. The summed E-state index contributed by atoms with van der Waals surface area (Å²) in [5, 5.41) is 19.1. The van der Waals surface area contributed by atoms with E-state index >= 15 is 0 Å². The van der Waals surface area contributed by atoms with Crippen molar-refractivity contribution in [1.82, 2.24) is 10.2 Å². The number of carbonyl (C=O) groups is 2. The average molecular weight is 497 g/mol. The van der Waals surface area contributed by atoms with E-state index in [1.54, 1.807) is 37.3 Å². The largest absolute Gasteiger partial charge is 0.573 e. The third-order valence-electron chi connectivity index (χ3n) is 5.76. The van der Waals surface area contributed by atoms with Crippen LogP contribution in [0.1, 0.15) is 48.2 Å². The summed E-state index contributed by atoms with van der Waals surface area (Å²) in [6.07, 6.45) is -4.88. The maximum atomic E-state index is 13.2. The highest BCUT2D eigenvalue weighted by Gasteiger charge is 2.47. The quantitative estimate of drug-likeness (QED) is 0.287. The predicted octanol–water partition coefficient (Wildman–Crippen LogP) is 5.43. The summed E-state index contributed by atoms with van der Waals surface area (Å²) >= 11 is 0. The van der Waals surface area contributed by atoms with Crippen LogP contribution in [0, 0.1) is 6.92 Å². The third-order valence-corrected chi connectivity index (χ3v) is 5.76. The molecule has 1 amide bonds. The number of ketones is 1. The highest BCUT2D eigenvalue weighted by Crippen LogP contribution is 2.42. The Balaban J connectivity index is 1.85. The lowest BCUT2D eigenvalue weighted by Gasteiger charge is -2.24. The van der Waals surface area contributed by atoms with E-state index in [-0.39, 0.29) is 22.9 Å². The second-order valence-corrected chi connectivity index (χ2v) is 8.60. The number of hydrogen-bond acceptors (Lipinski definition) is 6. The van der Waals surface area contributed by atoms with Crippen LogP contribution >= 0.6 is 0 Å². The molecule has 1 fully saturated rings. The van der Waals surface area contributed by atoms with Crippen LogP contribution in [0.15, 0.2) is 66.2 Å². The molecule has 4 rings (SSSR count). The number of ether oxygens (including phenoxy) is 1. The first kappa shape index (κ1) is 24.9. The molecule has 0 aliphatic carbocycles. The molecule has 10 heteroatoms. The number of rotatable bonds is 5. The van der Waals surface area contributed by atoms with Gasteiger partial charge < -0.3 is 9.84 Å². The zero-order valence-corrected chi connectivity index (χ0v) is 19.6. The first-order valence-electron chi connectivity index (χ1n) is 11.0. The number of anilines is 1. The number of nitrogens with zero attached hydrogens (tertiary/aromatic N) is 3. The van der Waals surface area contributed by atoms with Gasteiger partial charge in [0, 0.05) is 5.56 Å². The van der Waals surface area contributed by atoms with Gasteiger partial charge in [-0.1, -0.05) is 50.2 Å². The molecule has 1 saturated heterocycles. The lowest BCUT2D eigenvalue weighted by atomic mass is 9.94. The number of carbonyl (C=O) groups excluding carboxylic acids is 2. The molecule has 2 aromatic carbocycles. The van der Waals surface area contributed by atoms with Gasteiger partial charge in [0.1, 0.15) is 11.5 Å². The Labute approximate surface area is 204 Å². The highest BCUT2D eigenvalue weighted by molar-refractivity contribution is 6.51. The first-order valence-corrected chi connectivity index (χ1v) is 11.0. The van der Waals surface area contributed by atoms with E-state index in [4.69, 9.17) is 0 Å². The van der Waals surface area contributed by atoms with Gasteiger partial charge in [-0.25, -0.2) is 0 Å². The summed E-state index contributed by atoms with van der Waals surface area (Å²) in [4.78, 5) is 27.3. The van der Waals surface area contributed by atoms with E-state index in [9.17, 15) is 27.9 Å². The van der Waals surface area contributed by atoms with Gasteiger partial charge in [0.15, 0.2) is 5.82 Å². The number of aliphatic hydroxyl groups excluding tert-OH is 1. The molecule has 1 N–H and O–H groups in total. The van der Waals surface area contributed by atoms with Crippen molar-refractivity contribution in [2.75, 3.05) is 4.90 Å². The topological polar surface area (TPSA) is 92.6 Å². The molecule has 1 aliphatic heterocycles. The second-order valence-electron chi connectivity index (χ2n) is 8.60. The lowest BCUT2D eigenvalue weighted by Crippen LogP contribution is -2.30. The number of benzene rings is 2. The maximum absolute atomic E-state index is 13.2. The summed E-state index contributed by atoms with van der Waals surface area (Å²) in [5.74, 6) is -2.49. The Morgan fingerprint density at radius 2 is 1.61 bits per heavy atom. The average Bonchev–Trinajstić information content (AvgIpc) is 3.09. The lowest BCUT2D eigenvalue weighted by molar-refractivity contribution is -0.274. The fourth-order valence-electron chi connectivity index (χ4n) is 3.94. The molecule has 1 aromatic heterocycles. The highest BCUT2D eigenvalue weighted by atomic mass is 19.4. The van der Waals surface area contributed by atoms with Crippen molar-refractivity contribution in [1.29, 1.82) is 0 Å². The maximum Gasteiger partial charge on any atom is 0.573 e. The number of amides is 1. The number of alkyl halides is 3. The standard InChI is InChI=1S/C26H22F3N3O4/c1-14(2)16-5-7-18(8-6-16)23(33)21-22(17-9-11-19(12-10-17)36-26(27,28)29)32(25(35)24(21)34)20-13-4-15(3)30-31-20/h4-14,22,33H,1-3H3. The zero-order valence-electron chi connectivity index (χ0n) is 19.6. The van der Waals surface area contributed by atoms with Crippen LogP contribution < -0.4 is 9.64 Å². The molecule has 0 bridgehead atoms. The minimum absolute atomic E-state index is 0.0533. The Hall–Kier alpha value is -4.21. The van der Waals surface area contributed by atoms with Gasteiger partial charge in [0.05, 0.1) is 17.3 Å². The van der Waals surface area contributed by atoms with Gasteiger partial charge >= 0.3 is 12.3 Å². The molecule has 1 unspecified atom stereocenters.